The lowest BCUT2D eigenvalue weighted by Crippen LogP contribution is -2.02. The summed E-state index contributed by atoms with van der Waals surface area (Å²) in [4.78, 5) is 5.01. The molecule has 0 aliphatic rings. The molecule has 5 nitrogen and oxygen atoms in total. The second-order valence-corrected chi connectivity index (χ2v) is 10.1. The highest BCUT2D eigenvalue weighted by Crippen LogP contribution is 2.38. The molecule has 4 rings (SSSR count). The number of pyridine rings is 1. The molecule has 5 heteroatoms. The van der Waals surface area contributed by atoms with Crippen LogP contribution in [0.15, 0.2) is 53.1 Å². The Hall–Kier alpha value is -3.21. The minimum atomic E-state index is 0.662. The van der Waals surface area contributed by atoms with E-state index in [1.54, 1.807) is 13.4 Å². The van der Waals surface area contributed by atoms with Crippen LogP contribution in [0, 0.1) is 0 Å². The van der Waals surface area contributed by atoms with Gasteiger partial charge in [-0.05, 0) is 43.2 Å². The van der Waals surface area contributed by atoms with Gasteiger partial charge in [0, 0.05) is 28.5 Å². The van der Waals surface area contributed by atoms with E-state index in [0.29, 0.717) is 19.0 Å². The second-order valence-electron chi connectivity index (χ2n) is 10.1. The van der Waals surface area contributed by atoms with E-state index in [1.165, 1.54) is 51.4 Å². The van der Waals surface area contributed by atoms with Crippen molar-refractivity contribution in [1.29, 1.82) is 0 Å². The summed E-state index contributed by atoms with van der Waals surface area (Å²) in [5.74, 6) is 2.26. The molecule has 2 aromatic heterocycles. The molecule has 0 N–H and O–H groups in total. The Morgan fingerprint density at radius 2 is 1.39 bits per heavy atom. The molecule has 0 aliphatic heterocycles. The average Bonchev–Trinajstić information content (AvgIpc) is 3.41. The van der Waals surface area contributed by atoms with Crippen LogP contribution in [0.25, 0.3) is 33.1 Å². The smallest absolute Gasteiger partial charge is 0.163 e. The summed E-state index contributed by atoms with van der Waals surface area (Å²) in [6.07, 6.45) is 15.4. The van der Waals surface area contributed by atoms with Crippen molar-refractivity contribution >= 4 is 21.9 Å². The van der Waals surface area contributed by atoms with Crippen molar-refractivity contribution in [3.05, 3.63) is 48.7 Å². The summed E-state index contributed by atoms with van der Waals surface area (Å²) in [6, 6.07) is 14.1. The third kappa shape index (κ3) is 7.43. The number of methoxy groups -OCH3 is 1. The molecule has 2 heterocycles. The van der Waals surface area contributed by atoms with Gasteiger partial charge >= 0.3 is 0 Å². The van der Waals surface area contributed by atoms with Crippen molar-refractivity contribution in [3.63, 3.8) is 0 Å². The summed E-state index contributed by atoms with van der Waals surface area (Å²) in [7, 11) is 1.69. The van der Waals surface area contributed by atoms with Crippen LogP contribution >= 0.6 is 0 Å². The SMILES string of the molecule is CCCCCCCCCCCOc1cc2nc(-c3ccc4occc4c3)cc(OCCCC)c2cc1OC. The van der Waals surface area contributed by atoms with Crippen molar-refractivity contribution in [1.82, 2.24) is 4.98 Å². The molecule has 0 bridgehead atoms. The molecule has 204 valence electrons. The van der Waals surface area contributed by atoms with Gasteiger partial charge in [0.25, 0.3) is 0 Å². The van der Waals surface area contributed by atoms with Gasteiger partial charge in [0.05, 0.1) is 37.8 Å². The molecule has 0 fully saturated rings. The van der Waals surface area contributed by atoms with E-state index in [0.717, 1.165) is 63.9 Å². The van der Waals surface area contributed by atoms with Gasteiger partial charge in [-0.25, -0.2) is 4.98 Å². The van der Waals surface area contributed by atoms with Crippen LogP contribution in [-0.2, 0) is 0 Å². The number of fused-ring (bicyclic) bond motifs is 2. The van der Waals surface area contributed by atoms with Crippen molar-refractivity contribution in [2.75, 3.05) is 20.3 Å². The van der Waals surface area contributed by atoms with Crippen molar-refractivity contribution in [2.45, 2.75) is 84.5 Å². The molecule has 0 radical (unpaired) electrons. The van der Waals surface area contributed by atoms with Crippen LogP contribution in [-0.4, -0.2) is 25.3 Å². The first-order valence-electron chi connectivity index (χ1n) is 14.5. The first-order valence-corrected chi connectivity index (χ1v) is 14.5. The number of benzene rings is 2. The van der Waals surface area contributed by atoms with Crippen LogP contribution in [0.1, 0.15) is 84.5 Å². The van der Waals surface area contributed by atoms with Gasteiger partial charge in [0.2, 0.25) is 0 Å². The molecule has 4 aromatic rings. The first-order chi connectivity index (χ1) is 18.7. The topological polar surface area (TPSA) is 53.7 Å². The van der Waals surface area contributed by atoms with Gasteiger partial charge in [-0.3, -0.25) is 0 Å². The number of nitrogens with zero attached hydrogens (tertiary/aromatic N) is 1. The van der Waals surface area contributed by atoms with Gasteiger partial charge < -0.3 is 18.6 Å². The predicted octanol–water partition coefficient (Wildman–Crippen LogP) is 9.75. The lowest BCUT2D eigenvalue weighted by atomic mass is 10.1. The van der Waals surface area contributed by atoms with Crippen molar-refractivity contribution in [3.8, 4) is 28.5 Å². The lowest BCUT2D eigenvalue weighted by molar-refractivity contribution is 0.285. The molecule has 0 spiro atoms. The molecule has 2 aromatic carbocycles. The summed E-state index contributed by atoms with van der Waals surface area (Å²) in [6.45, 7) is 5.77. The van der Waals surface area contributed by atoms with Gasteiger partial charge in [-0.15, -0.1) is 0 Å². The van der Waals surface area contributed by atoms with Crippen LogP contribution in [0.4, 0.5) is 0 Å². The van der Waals surface area contributed by atoms with Crippen LogP contribution in [0.5, 0.6) is 17.2 Å². The summed E-state index contributed by atoms with van der Waals surface area (Å²) in [5, 5.41) is 1.99. The van der Waals surface area contributed by atoms with Crippen LogP contribution < -0.4 is 14.2 Å². The average molecular weight is 518 g/mol. The fourth-order valence-corrected chi connectivity index (χ4v) is 4.79. The van der Waals surface area contributed by atoms with Crippen molar-refractivity contribution in [2.24, 2.45) is 0 Å². The fourth-order valence-electron chi connectivity index (χ4n) is 4.79. The van der Waals surface area contributed by atoms with Crippen LogP contribution in [0.2, 0.25) is 0 Å². The van der Waals surface area contributed by atoms with E-state index in [1.807, 2.05) is 36.4 Å². The Morgan fingerprint density at radius 1 is 0.684 bits per heavy atom. The molecule has 38 heavy (non-hydrogen) atoms. The molecular weight excluding hydrogens is 474 g/mol. The minimum Gasteiger partial charge on any atom is -0.493 e. The molecule has 0 saturated heterocycles. The quantitative estimate of drug-likeness (QED) is 0.130. The Balaban J connectivity index is 1.49. The normalized spacial score (nSPS) is 11.3. The standard InChI is InChI=1S/C33H43NO4/c1-4-6-8-9-10-11-12-13-14-19-37-33-24-29-27(22-32(33)35-3)31(36-18-7-5-2)23-28(34-29)25-15-16-30-26(21-25)17-20-38-30/h15-17,20-24H,4-14,18-19H2,1-3H3. The van der Waals surface area contributed by atoms with E-state index >= 15 is 0 Å². The Kier molecular flexibility index (Phi) is 10.7. The van der Waals surface area contributed by atoms with Gasteiger partial charge in [-0.2, -0.15) is 0 Å². The second kappa shape index (κ2) is 14.7. The zero-order chi connectivity index (χ0) is 26.6. The maximum absolute atomic E-state index is 6.25. The maximum atomic E-state index is 6.25. The molecule has 0 aliphatic carbocycles. The first kappa shape index (κ1) is 27.8. The molecule has 0 saturated carbocycles. The third-order valence-electron chi connectivity index (χ3n) is 7.07. The Morgan fingerprint density at radius 3 is 2.16 bits per heavy atom. The van der Waals surface area contributed by atoms with Crippen LogP contribution in [0.3, 0.4) is 0 Å². The Labute approximate surface area is 227 Å². The van der Waals surface area contributed by atoms with E-state index in [2.05, 4.69) is 19.9 Å². The fraction of sp³-hybridized carbons (Fsp3) is 0.485. The van der Waals surface area contributed by atoms with Gasteiger partial charge in [-0.1, -0.05) is 71.6 Å². The molecule has 0 atom stereocenters. The number of furan rings is 1. The number of hydrogen-bond acceptors (Lipinski definition) is 5. The summed E-state index contributed by atoms with van der Waals surface area (Å²) < 4.78 is 23.7. The summed E-state index contributed by atoms with van der Waals surface area (Å²) >= 11 is 0. The number of aromatic nitrogens is 1. The van der Waals surface area contributed by atoms with Crippen molar-refractivity contribution < 1.29 is 18.6 Å². The molecular formula is C33H43NO4. The summed E-state index contributed by atoms with van der Waals surface area (Å²) in [5.41, 5.74) is 3.59. The number of rotatable bonds is 17. The van der Waals surface area contributed by atoms with Gasteiger partial charge in [0.15, 0.2) is 11.5 Å². The third-order valence-corrected chi connectivity index (χ3v) is 7.07. The van der Waals surface area contributed by atoms with E-state index in [9.17, 15) is 0 Å². The predicted molar refractivity (Wildman–Crippen MR) is 157 cm³/mol. The maximum Gasteiger partial charge on any atom is 0.163 e. The largest absolute Gasteiger partial charge is 0.493 e. The number of hydrogen-bond donors (Lipinski definition) is 0. The minimum absolute atomic E-state index is 0.662. The Bertz CT molecular complexity index is 1280. The highest BCUT2D eigenvalue weighted by Gasteiger charge is 2.15. The van der Waals surface area contributed by atoms with E-state index < -0.39 is 0 Å². The van der Waals surface area contributed by atoms with E-state index in [4.69, 9.17) is 23.6 Å². The zero-order valence-corrected chi connectivity index (χ0v) is 23.4. The van der Waals surface area contributed by atoms with E-state index in [-0.39, 0.29) is 0 Å². The number of unbranched alkanes of at least 4 members (excludes halogenated alkanes) is 9. The zero-order valence-electron chi connectivity index (χ0n) is 23.4. The highest BCUT2D eigenvalue weighted by molar-refractivity contribution is 5.92. The molecule has 0 amide bonds. The molecule has 0 unspecified atom stereocenters. The monoisotopic (exact) mass is 517 g/mol. The highest BCUT2D eigenvalue weighted by atomic mass is 16.5. The number of ether oxygens (including phenoxy) is 3. The van der Waals surface area contributed by atoms with Gasteiger partial charge in [0.1, 0.15) is 11.3 Å². The lowest BCUT2D eigenvalue weighted by Gasteiger charge is -2.15.